The third-order valence-corrected chi connectivity index (χ3v) is 2.11. The average molecular weight is 216 g/mol. The van der Waals surface area contributed by atoms with Crippen LogP contribution in [0.4, 0.5) is 0 Å². The van der Waals surface area contributed by atoms with Crippen LogP contribution in [0.5, 0.6) is 11.6 Å². The molecule has 0 amide bonds. The lowest BCUT2D eigenvalue weighted by Gasteiger charge is -2.08. The highest BCUT2D eigenvalue weighted by atomic mass is 16.5. The summed E-state index contributed by atoms with van der Waals surface area (Å²) in [5.74, 6) is 1.16. The lowest BCUT2D eigenvalue weighted by atomic mass is 10.1. The number of aliphatic hydroxyl groups is 1. The number of hydrogen-bond acceptors (Lipinski definition) is 4. The number of rotatable bonds is 4. The van der Waals surface area contributed by atoms with Crippen LogP contribution in [-0.2, 0) is 6.42 Å². The highest BCUT2D eigenvalue weighted by molar-refractivity contribution is 5.35. The Morgan fingerprint density at radius 1 is 1.19 bits per heavy atom. The standard InChI is InChI=1S/C12H12N2O2/c15-8-5-10-3-1-2-4-11(10)16-12-9-13-6-7-14-12/h1-4,6-7,9,15H,5,8H2. The molecular formula is C12H12N2O2. The van der Waals surface area contributed by atoms with Gasteiger partial charge in [-0.25, -0.2) is 4.98 Å². The monoisotopic (exact) mass is 216 g/mol. The van der Waals surface area contributed by atoms with E-state index in [0.29, 0.717) is 18.1 Å². The fraction of sp³-hybridized carbons (Fsp3) is 0.167. The van der Waals surface area contributed by atoms with E-state index in [-0.39, 0.29) is 6.61 Å². The molecule has 82 valence electrons. The molecule has 1 heterocycles. The van der Waals surface area contributed by atoms with Crippen molar-refractivity contribution in [3.8, 4) is 11.6 Å². The fourth-order valence-electron chi connectivity index (χ4n) is 1.38. The Bertz CT molecular complexity index is 446. The average Bonchev–Trinajstić information content (AvgIpc) is 2.33. The smallest absolute Gasteiger partial charge is 0.237 e. The van der Waals surface area contributed by atoms with Crippen LogP contribution in [0.15, 0.2) is 42.9 Å². The van der Waals surface area contributed by atoms with Gasteiger partial charge in [-0.15, -0.1) is 0 Å². The number of aromatic nitrogens is 2. The second-order valence-electron chi connectivity index (χ2n) is 3.23. The van der Waals surface area contributed by atoms with Crippen molar-refractivity contribution in [1.29, 1.82) is 0 Å². The molecule has 0 unspecified atom stereocenters. The summed E-state index contributed by atoms with van der Waals surface area (Å²) in [7, 11) is 0. The Kier molecular flexibility index (Phi) is 3.46. The number of hydrogen-bond donors (Lipinski definition) is 1. The van der Waals surface area contributed by atoms with Gasteiger partial charge in [-0.05, 0) is 18.1 Å². The van der Waals surface area contributed by atoms with Crippen LogP contribution in [0.1, 0.15) is 5.56 Å². The maximum absolute atomic E-state index is 8.93. The van der Waals surface area contributed by atoms with Crippen LogP contribution >= 0.6 is 0 Å². The molecule has 0 saturated heterocycles. The van der Waals surface area contributed by atoms with Gasteiger partial charge in [-0.3, -0.25) is 4.98 Å². The molecule has 0 aliphatic carbocycles. The topological polar surface area (TPSA) is 55.2 Å². The molecule has 0 bridgehead atoms. The molecule has 1 aromatic heterocycles. The molecule has 0 fully saturated rings. The number of para-hydroxylation sites is 1. The summed E-state index contributed by atoms with van der Waals surface area (Å²) in [4.78, 5) is 7.95. The van der Waals surface area contributed by atoms with Gasteiger partial charge in [0.2, 0.25) is 5.88 Å². The molecule has 16 heavy (non-hydrogen) atoms. The molecule has 0 saturated carbocycles. The van der Waals surface area contributed by atoms with Crippen LogP contribution < -0.4 is 4.74 Å². The molecule has 0 spiro atoms. The van der Waals surface area contributed by atoms with Gasteiger partial charge >= 0.3 is 0 Å². The summed E-state index contributed by atoms with van der Waals surface area (Å²) in [5.41, 5.74) is 0.954. The largest absolute Gasteiger partial charge is 0.437 e. The first-order valence-electron chi connectivity index (χ1n) is 5.03. The second kappa shape index (κ2) is 5.23. The molecule has 4 heteroatoms. The van der Waals surface area contributed by atoms with E-state index in [4.69, 9.17) is 9.84 Å². The first-order valence-corrected chi connectivity index (χ1v) is 5.03. The molecule has 0 aliphatic rings. The Balaban J connectivity index is 2.21. The van der Waals surface area contributed by atoms with Crippen molar-refractivity contribution in [2.45, 2.75) is 6.42 Å². The van der Waals surface area contributed by atoms with Gasteiger partial charge in [-0.2, -0.15) is 0 Å². The van der Waals surface area contributed by atoms with E-state index in [1.54, 1.807) is 18.6 Å². The van der Waals surface area contributed by atoms with Crippen LogP contribution in [0.3, 0.4) is 0 Å². The molecule has 2 aromatic rings. The van der Waals surface area contributed by atoms with Crippen molar-refractivity contribution >= 4 is 0 Å². The molecule has 0 radical (unpaired) electrons. The first-order chi connectivity index (χ1) is 7.90. The fourth-order valence-corrected chi connectivity index (χ4v) is 1.38. The van der Waals surface area contributed by atoms with Crippen molar-refractivity contribution in [2.75, 3.05) is 6.61 Å². The van der Waals surface area contributed by atoms with Crippen LogP contribution in [0.25, 0.3) is 0 Å². The van der Waals surface area contributed by atoms with Crippen molar-refractivity contribution < 1.29 is 9.84 Å². The minimum absolute atomic E-state index is 0.0981. The summed E-state index contributed by atoms with van der Waals surface area (Å²) in [6, 6.07) is 7.56. The van der Waals surface area contributed by atoms with Gasteiger partial charge in [0.05, 0.1) is 6.20 Å². The van der Waals surface area contributed by atoms with Gasteiger partial charge < -0.3 is 9.84 Å². The SMILES string of the molecule is OCCc1ccccc1Oc1cnccn1. The van der Waals surface area contributed by atoms with Crippen LogP contribution in [0.2, 0.25) is 0 Å². The quantitative estimate of drug-likeness (QED) is 0.846. The third-order valence-electron chi connectivity index (χ3n) is 2.11. The van der Waals surface area contributed by atoms with E-state index < -0.39 is 0 Å². The van der Waals surface area contributed by atoms with Crippen molar-refractivity contribution in [3.05, 3.63) is 48.4 Å². The Hall–Kier alpha value is -1.94. The van der Waals surface area contributed by atoms with Gasteiger partial charge in [0, 0.05) is 19.0 Å². The molecule has 0 aliphatic heterocycles. The van der Waals surface area contributed by atoms with Crippen LogP contribution in [-0.4, -0.2) is 21.7 Å². The summed E-state index contributed by atoms with van der Waals surface area (Å²) in [5, 5.41) is 8.93. The summed E-state index contributed by atoms with van der Waals surface area (Å²) in [6.45, 7) is 0.0981. The van der Waals surface area contributed by atoms with Gasteiger partial charge in [-0.1, -0.05) is 18.2 Å². The number of aliphatic hydroxyl groups excluding tert-OH is 1. The summed E-state index contributed by atoms with van der Waals surface area (Å²) in [6.07, 6.45) is 5.28. The molecule has 2 rings (SSSR count). The third kappa shape index (κ3) is 2.55. The Labute approximate surface area is 93.6 Å². The molecule has 1 aromatic carbocycles. The number of ether oxygens (including phenoxy) is 1. The summed E-state index contributed by atoms with van der Waals surface area (Å²) >= 11 is 0. The molecule has 0 atom stereocenters. The zero-order valence-electron chi connectivity index (χ0n) is 8.71. The van der Waals surface area contributed by atoms with E-state index in [1.165, 1.54) is 0 Å². The Morgan fingerprint density at radius 3 is 2.81 bits per heavy atom. The lowest BCUT2D eigenvalue weighted by molar-refractivity contribution is 0.297. The lowest BCUT2D eigenvalue weighted by Crippen LogP contribution is -1.96. The van der Waals surface area contributed by atoms with Gasteiger partial charge in [0.1, 0.15) is 5.75 Å². The minimum atomic E-state index is 0.0981. The van der Waals surface area contributed by atoms with Crippen molar-refractivity contribution in [1.82, 2.24) is 9.97 Å². The van der Waals surface area contributed by atoms with Crippen LogP contribution in [0, 0.1) is 0 Å². The van der Waals surface area contributed by atoms with Crippen molar-refractivity contribution in [2.24, 2.45) is 0 Å². The summed E-state index contributed by atoms with van der Waals surface area (Å²) < 4.78 is 5.58. The molecule has 4 nitrogen and oxygen atoms in total. The van der Waals surface area contributed by atoms with E-state index in [9.17, 15) is 0 Å². The highest BCUT2D eigenvalue weighted by Crippen LogP contribution is 2.23. The molecular weight excluding hydrogens is 204 g/mol. The maximum Gasteiger partial charge on any atom is 0.237 e. The second-order valence-corrected chi connectivity index (χ2v) is 3.23. The predicted molar refractivity (Wildman–Crippen MR) is 59.3 cm³/mol. The van der Waals surface area contributed by atoms with E-state index in [2.05, 4.69) is 9.97 Å². The molecule has 1 N–H and O–H groups in total. The minimum Gasteiger partial charge on any atom is -0.437 e. The van der Waals surface area contributed by atoms with E-state index in [1.807, 2.05) is 24.3 Å². The predicted octanol–water partition coefficient (Wildman–Crippen LogP) is 1.80. The normalized spacial score (nSPS) is 10.1. The van der Waals surface area contributed by atoms with Gasteiger partial charge in [0.15, 0.2) is 0 Å². The number of benzene rings is 1. The first kappa shape index (κ1) is 10.6. The highest BCUT2D eigenvalue weighted by Gasteiger charge is 2.04. The number of nitrogens with zero attached hydrogens (tertiary/aromatic N) is 2. The van der Waals surface area contributed by atoms with E-state index in [0.717, 1.165) is 5.56 Å². The maximum atomic E-state index is 8.93. The zero-order valence-corrected chi connectivity index (χ0v) is 8.71. The Morgan fingerprint density at radius 2 is 2.06 bits per heavy atom. The van der Waals surface area contributed by atoms with Gasteiger partial charge in [0.25, 0.3) is 0 Å². The zero-order chi connectivity index (χ0) is 11.2. The van der Waals surface area contributed by atoms with E-state index >= 15 is 0 Å². The van der Waals surface area contributed by atoms with Crippen molar-refractivity contribution in [3.63, 3.8) is 0 Å².